The van der Waals surface area contributed by atoms with Crippen LogP contribution in [0.25, 0.3) is 60.9 Å². The van der Waals surface area contributed by atoms with Crippen LogP contribution < -0.4 is 21.1 Å². The average molecular weight is 726 g/mol. The lowest BCUT2D eigenvalue weighted by molar-refractivity contribution is 0.487. The molecular weight excluding hydrogens is 677 g/mol. The van der Waals surface area contributed by atoms with Crippen molar-refractivity contribution in [1.29, 1.82) is 0 Å². The molecule has 274 valence electrons. The van der Waals surface area contributed by atoms with Crippen molar-refractivity contribution in [3.8, 4) is 50.6 Å². The van der Waals surface area contributed by atoms with Gasteiger partial charge in [-0.25, -0.2) is 0 Å². The van der Waals surface area contributed by atoms with Gasteiger partial charge in [0.05, 0.1) is 5.52 Å². The van der Waals surface area contributed by atoms with Gasteiger partial charge in [0.2, 0.25) is 0 Å². The van der Waals surface area contributed by atoms with Gasteiger partial charge in [0.1, 0.15) is 11.5 Å². The normalized spacial score (nSPS) is 13.2. The smallest absolute Gasteiger partial charge is 0.256 e. The highest BCUT2D eigenvalue weighted by Crippen LogP contribution is 2.44. The van der Waals surface area contributed by atoms with Crippen LogP contribution in [-0.2, 0) is 10.8 Å². The highest BCUT2D eigenvalue weighted by Gasteiger charge is 2.42. The van der Waals surface area contributed by atoms with Crippen molar-refractivity contribution in [3.63, 3.8) is 0 Å². The van der Waals surface area contributed by atoms with Crippen molar-refractivity contribution in [3.05, 3.63) is 155 Å². The molecule has 0 aliphatic carbocycles. The Balaban J connectivity index is 1.33. The van der Waals surface area contributed by atoms with Gasteiger partial charge in [0, 0.05) is 22.0 Å². The van der Waals surface area contributed by atoms with Crippen molar-refractivity contribution >= 4 is 44.9 Å². The molecule has 0 unspecified atom stereocenters. The Hall–Kier alpha value is -5.80. The Labute approximate surface area is 331 Å². The molecule has 0 amide bonds. The molecular formula is C53H48BNO. The van der Waals surface area contributed by atoms with E-state index in [0.717, 1.165) is 17.1 Å². The van der Waals surface area contributed by atoms with E-state index < -0.39 is 0 Å². The first-order valence-electron chi connectivity index (χ1n) is 20.1. The van der Waals surface area contributed by atoms with E-state index in [1.54, 1.807) is 0 Å². The van der Waals surface area contributed by atoms with E-state index in [4.69, 9.17) is 4.74 Å². The zero-order chi connectivity index (χ0) is 38.8. The zero-order valence-corrected chi connectivity index (χ0v) is 34.1. The van der Waals surface area contributed by atoms with Gasteiger partial charge in [-0.05, 0) is 140 Å². The van der Waals surface area contributed by atoms with Gasteiger partial charge in [-0.15, -0.1) is 0 Å². The first kappa shape index (κ1) is 34.7. The summed E-state index contributed by atoms with van der Waals surface area (Å²) in [6, 6.07) is 48.0. The number of rotatable bonds is 3. The molecule has 2 aliphatic rings. The molecule has 2 aliphatic heterocycles. The number of fused-ring (bicyclic) bond motifs is 7. The van der Waals surface area contributed by atoms with E-state index in [2.05, 4.69) is 194 Å². The molecule has 1 aromatic heterocycles. The van der Waals surface area contributed by atoms with Crippen molar-refractivity contribution in [1.82, 2.24) is 4.57 Å². The molecule has 0 bridgehead atoms. The Morgan fingerprint density at radius 3 is 1.88 bits per heavy atom. The second kappa shape index (κ2) is 12.1. The second-order valence-corrected chi connectivity index (χ2v) is 18.4. The summed E-state index contributed by atoms with van der Waals surface area (Å²) >= 11 is 0. The van der Waals surface area contributed by atoms with Crippen LogP contribution in [0.1, 0.15) is 69.4 Å². The minimum Gasteiger partial charge on any atom is -0.458 e. The third-order valence-electron chi connectivity index (χ3n) is 12.4. The summed E-state index contributed by atoms with van der Waals surface area (Å²) in [6.07, 6.45) is 0. The third kappa shape index (κ3) is 5.24. The summed E-state index contributed by atoms with van der Waals surface area (Å²) in [7, 11) is 0. The summed E-state index contributed by atoms with van der Waals surface area (Å²) < 4.78 is 9.71. The molecule has 0 saturated heterocycles. The topological polar surface area (TPSA) is 14.2 Å². The molecule has 0 N–H and O–H groups in total. The van der Waals surface area contributed by atoms with Gasteiger partial charge < -0.3 is 9.30 Å². The van der Waals surface area contributed by atoms with Crippen molar-refractivity contribution < 1.29 is 4.74 Å². The predicted octanol–water partition coefficient (Wildman–Crippen LogP) is 12.2. The van der Waals surface area contributed by atoms with Crippen LogP contribution in [0, 0.1) is 20.8 Å². The minimum absolute atomic E-state index is 0.00289. The zero-order valence-electron chi connectivity index (χ0n) is 34.1. The van der Waals surface area contributed by atoms with Crippen LogP contribution >= 0.6 is 0 Å². The lowest BCUT2D eigenvalue weighted by atomic mass is 9.34. The van der Waals surface area contributed by atoms with Gasteiger partial charge in [0.15, 0.2) is 0 Å². The van der Waals surface area contributed by atoms with Crippen LogP contribution in [0.2, 0.25) is 0 Å². The van der Waals surface area contributed by atoms with Crippen LogP contribution in [0.4, 0.5) is 0 Å². The molecule has 0 radical (unpaired) electrons. The Kier molecular flexibility index (Phi) is 7.49. The SMILES string of the molecule is Cc1cc(C)c(-c2ccc3c(c2)B2c4c(cc(-c5ccccc5-c5ccccc5)cc4-n4c5ccc(C(C)(C)C)cc5c5cc(C(C)(C)C)cc2c54)O3)c(C)c1. The van der Waals surface area contributed by atoms with E-state index in [9.17, 15) is 0 Å². The lowest BCUT2D eigenvalue weighted by Crippen LogP contribution is -2.58. The molecule has 0 fully saturated rings. The number of nitrogens with zero attached hydrogens (tertiary/aromatic N) is 1. The Morgan fingerprint density at radius 1 is 0.518 bits per heavy atom. The van der Waals surface area contributed by atoms with E-state index >= 15 is 0 Å². The first-order valence-corrected chi connectivity index (χ1v) is 20.1. The third-order valence-corrected chi connectivity index (χ3v) is 12.4. The van der Waals surface area contributed by atoms with Crippen molar-refractivity contribution in [2.24, 2.45) is 0 Å². The highest BCUT2D eigenvalue weighted by molar-refractivity contribution is 6.99. The molecule has 7 aromatic carbocycles. The molecule has 2 nitrogen and oxygen atoms in total. The summed E-state index contributed by atoms with van der Waals surface area (Å²) in [6.45, 7) is 20.7. The number of hydrogen-bond donors (Lipinski definition) is 0. The van der Waals surface area contributed by atoms with Gasteiger partial charge in [-0.1, -0.05) is 138 Å². The molecule has 0 saturated carbocycles. The quantitative estimate of drug-likeness (QED) is 0.165. The summed E-state index contributed by atoms with van der Waals surface area (Å²) in [5, 5.41) is 2.63. The van der Waals surface area contributed by atoms with Crippen LogP contribution in [0.3, 0.4) is 0 Å². The summed E-state index contributed by atoms with van der Waals surface area (Å²) in [5.74, 6) is 1.86. The fraction of sp³-hybridized carbons (Fsp3) is 0.208. The molecule has 56 heavy (non-hydrogen) atoms. The fourth-order valence-corrected chi connectivity index (χ4v) is 9.73. The van der Waals surface area contributed by atoms with Crippen LogP contribution in [0.5, 0.6) is 11.5 Å². The highest BCUT2D eigenvalue weighted by atomic mass is 16.5. The van der Waals surface area contributed by atoms with Crippen LogP contribution in [0.15, 0.2) is 127 Å². The Bertz CT molecular complexity index is 2910. The van der Waals surface area contributed by atoms with Gasteiger partial charge in [-0.3, -0.25) is 0 Å². The standard InChI is InChI=1S/C53H48BNO/c1-31-23-32(2)49(33(3)24-31)35-19-22-47-43(25-35)54-44-30-38(53(7,8)9)29-42-41-28-37(52(4,5)6)20-21-45(41)55(51(42)44)46-26-36(27-48(56-47)50(46)54)40-18-14-13-17-39(40)34-15-11-10-12-16-34/h10-30H,1-9H3. The summed E-state index contributed by atoms with van der Waals surface area (Å²) in [4.78, 5) is 0. The van der Waals surface area contributed by atoms with E-state index in [1.165, 1.54) is 99.5 Å². The van der Waals surface area contributed by atoms with Gasteiger partial charge in [0.25, 0.3) is 6.71 Å². The van der Waals surface area contributed by atoms with E-state index in [1.807, 2.05) is 0 Å². The largest absolute Gasteiger partial charge is 0.458 e. The van der Waals surface area contributed by atoms with Gasteiger partial charge >= 0.3 is 0 Å². The maximum atomic E-state index is 7.15. The number of benzene rings is 7. The second-order valence-electron chi connectivity index (χ2n) is 18.4. The first-order chi connectivity index (χ1) is 26.8. The average Bonchev–Trinajstić information content (AvgIpc) is 3.49. The van der Waals surface area contributed by atoms with Crippen molar-refractivity contribution in [2.75, 3.05) is 0 Å². The summed E-state index contributed by atoms with van der Waals surface area (Å²) in [5.41, 5.74) is 21.5. The van der Waals surface area contributed by atoms with E-state index in [0.29, 0.717) is 0 Å². The number of hydrogen-bond acceptors (Lipinski definition) is 1. The van der Waals surface area contributed by atoms with E-state index in [-0.39, 0.29) is 17.5 Å². The number of aromatic nitrogens is 1. The Morgan fingerprint density at radius 2 is 1.18 bits per heavy atom. The maximum absolute atomic E-state index is 7.15. The predicted molar refractivity (Wildman–Crippen MR) is 240 cm³/mol. The fourth-order valence-electron chi connectivity index (χ4n) is 9.73. The molecule has 3 heterocycles. The van der Waals surface area contributed by atoms with Gasteiger partial charge in [-0.2, -0.15) is 0 Å². The number of ether oxygens (including phenoxy) is 1. The van der Waals surface area contributed by atoms with Crippen LogP contribution in [-0.4, -0.2) is 11.3 Å². The molecule has 8 aromatic rings. The lowest BCUT2D eigenvalue weighted by Gasteiger charge is -2.35. The molecule has 3 heteroatoms. The monoisotopic (exact) mass is 725 g/mol. The van der Waals surface area contributed by atoms with Crippen molar-refractivity contribution in [2.45, 2.75) is 73.1 Å². The number of aryl methyl sites for hydroxylation is 3. The maximum Gasteiger partial charge on any atom is 0.256 e. The minimum atomic E-state index is -0.0408. The molecule has 10 rings (SSSR count). The molecule has 0 spiro atoms. The molecule has 0 atom stereocenters.